The average Bonchev–Trinajstić information content (AvgIpc) is 3.51. The van der Waals surface area contributed by atoms with Gasteiger partial charge in [-0.3, -0.25) is 14.7 Å². The van der Waals surface area contributed by atoms with Crippen molar-refractivity contribution < 1.29 is 14.3 Å². The Morgan fingerprint density at radius 3 is 2.80 bits per heavy atom. The molecule has 214 valence electrons. The Hall–Kier alpha value is -3.78. The van der Waals surface area contributed by atoms with Crippen molar-refractivity contribution in [3.8, 4) is 5.75 Å². The minimum absolute atomic E-state index is 0.123. The molecule has 8 nitrogen and oxygen atoms in total. The lowest BCUT2D eigenvalue weighted by Gasteiger charge is -2.35. The molecule has 2 aromatic carbocycles. The van der Waals surface area contributed by atoms with Crippen LogP contribution >= 0.6 is 0 Å². The molecular formula is C33H39N5O3. The van der Waals surface area contributed by atoms with Crippen molar-refractivity contribution >= 4 is 17.0 Å². The summed E-state index contributed by atoms with van der Waals surface area (Å²) in [6.07, 6.45) is 6.90. The van der Waals surface area contributed by atoms with Gasteiger partial charge < -0.3 is 9.47 Å². The number of aryl methyl sites for hydroxylation is 3. The fourth-order valence-electron chi connectivity index (χ4n) is 6.94. The first kappa shape index (κ1) is 27.4. The van der Waals surface area contributed by atoms with Crippen LogP contribution in [0.15, 0.2) is 48.8 Å². The fourth-order valence-corrected chi connectivity index (χ4v) is 6.94. The van der Waals surface area contributed by atoms with Gasteiger partial charge >= 0.3 is 5.97 Å². The van der Waals surface area contributed by atoms with Gasteiger partial charge in [0.05, 0.1) is 18.0 Å². The van der Waals surface area contributed by atoms with E-state index in [0.717, 1.165) is 71.4 Å². The van der Waals surface area contributed by atoms with E-state index in [0.29, 0.717) is 0 Å². The van der Waals surface area contributed by atoms with Crippen LogP contribution in [0.3, 0.4) is 0 Å². The molecule has 6 rings (SSSR count). The maximum Gasteiger partial charge on any atom is 0.312 e. The summed E-state index contributed by atoms with van der Waals surface area (Å²) in [4.78, 5) is 20.2. The van der Waals surface area contributed by atoms with Crippen LogP contribution < -0.4 is 4.74 Å². The van der Waals surface area contributed by atoms with Crippen LogP contribution in [0.5, 0.6) is 5.75 Å². The van der Waals surface area contributed by atoms with Crippen molar-refractivity contribution in [2.75, 3.05) is 13.7 Å². The van der Waals surface area contributed by atoms with Crippen LogP contribution in [0.1, 0.15) is 79.0 Å². The molecule has 0 amide bonds. The van der Waals surface area contributed by atoms with Gasteiger partial charge in [0.15, 0.2) is 0 Å². The third-order valence-electron chi connectivity index (χ3n) is 9.23. The van der Waals surface area contributed by atoms with Crippen molar-refractivity contribution in [1.29, 1.82) is 0 Å². The second kappa shape index (κ2) is 10.6. The minimum atomic E-state index is -0.813. The molecule has 0 radical (unpaired) electrons. The Balaban J connectivity index is 1.44. The Labute approximate surface area is 241 Å². The van der Waals surface area contributed by atoms with E-state index in [2.05, 4.69) is 64.4 Å². The summed E-state index contributed by atoms with van der Waals surface area (Å²) in [5.41, 5.74) is 8.07. The normalized spacial score (nSPS) is 19.8. The lowest BCUT2D eigenvalue weighted by Crippen LogP contribution is -2.35. The van der Waals surface area contributed by atoms with Gasteiger partial charge in [0.1, 0.15) is 17.4 Å². The van der Waals surface area contributed by atoms with Gasteiger partial charge in [-0.15, -0.1) is 5.10 Å². The van der Waals surface area contributed by atoms with Gasteiger partial charge in [-0.05, 0) is 80.0 Å². The molecule has 2 aromatic heterocycles. The van der Waals surface area contributed by atoms with Crippen molar-refractivity contribution in [2.45, 2.75) is 71.6 Å². The van der Waals surface area contributed by atoms with Crippen LogP contribution in [-0.2, 0) is 29.5 Å². The Kier molecular flexibility index (Phi) is 7.06. The zero-order valence-corrected chi connectivity index (χ0v) is 24.8. The molecule has 0 N–H and O–H groups in total. The molecule has 4 aromatic rings. The molecule has 0 fully saturated rings. The highest BCUT2D eigenvalue weighted by atomic mass is 16.5. The molecule has 1 aliphatic heterocycles. The highest BCUT2D eigenvalue weighted by Gasteiger charge is 2.42. The van der Waals surface area contributed by atoms with Gasteiger partial charge in [-0.2, -0.15) is 0 Å². The molecule has 0 bridgehead atoms. The van der Waals surface area contributed by atoms with E-state index in [9.17, 15) is 4.79 Å². The van der Waals surface area contributed by atoms with E-state index >= 15 is 0 Å². The highest BCUT2D eigenvalue weighted by molar-refractivity contribution is 5.82. The first-order valence-corrected chi connectivity index (χ1v) is 14.6. The number of methoxy groups -OCH3 is 1. The monoisotopic (exact) mass is 553 g/mol. The first-order valence-electron chi connectivity index (χ1n) is 14.6. The highest BCUT2D eigenvalue weighted by Crippen LogP contribution is 2.47. The SMILES string of the molecule is CC[C@@H]1CN([C@@H]2CCc3ccc(C(c4ccc5c(nnn5C)c4C)C(C)(C)C(=O)OC)cc32)Cc2cnccc2O1. The summed E-state index contributed by atoms with van der Waals surface area (Å²) in [6, 6.07) is 13.3. The van der Waals surface area contributed by atoms with Crippen molar-refractivity contribution in [3.05, 3.63) is 82.2 Å². The lowest BCUT2D eigenvalue weighted by molar-refractivity contribution is -0.151. The smallest absolute Gasteiger partial charge is 0.312 e. The zero-order chi connectivity index (χ0) is 28.9. The number of carbonyl (C=O) groups is 1. The summed E-state index contributed by atoms with van der Waals surface area (Å²) in [6.45, 7) is 9.89. The van der Waals surface area contributed by atoms with Crippen molar-refractivity contribution in [2.24, 2.45) is 12.5 Å². The molecule has 1 unspecified atom stereocenters. The third-order valence-corrected chi connectivity index (χ3v) is 9.23. The largest absolute Gasteiger partial charge is 0.489 e. The van der Waals surface area contributed by atoms with Crippen LogP contribution in [-0.4, -0.2) is 50.6 Å². The molecular weight excluding hydrogens is 514 g/mol. The number of fused-ring (bicyclic) bond motifs is 3. The number of nitrogens with zero attached hydrogens (tertiary/aromatic N) is 5. The number of benzene rings is 2. The maximum atomic E-state index is 13.3. The summed E-state index contributed by atoms with van der Waals surface area (Å²) in [5.74, 6) is 0.475. The van der Waals surface area contributed by atoms with Crippen LogP contribution in [0.25, 0.3) is 11.0 Å². The number of pyridine rings is 1. The number of hydrogen-bond acceptors (Lipinski definition) is 7. The standard InChI is InChI=1S/C33H39N5O3/c1-7-24-19-38(18-23-17-34-15-14-29(23)41-24)27-12-10-21-8-9-22(16-26(21)27)30(33(3,4)32(39)40-6)25-11-13-28-31(20(25)2)35-36-37(28)5/h8-9,11,13-17,24,27,30H,7,10,12,18-19H2,1-6H3/t24-,27-,30?/m1/s1. The molecule has 1 aliphatic carbocycles. The molecule has 0 saturated carbocycles. The van der Waals surface area contributed by atoms with Gasteiger partial charge in [-0.25, -0.2) is 4.68 Å². The summed E-state index contributed by atoms with van der Waals surface area (Å²) >= 11 is 0. The lowest BCUT2D eigenvalue weighted by atomic mass is 9.69. The number of aromatic nitrogens is 4. The Morgan fingerprint density at radius 1 is 1.20 bits per heavy atom. The molecule has 41 heavy (non-hydrogen) atoms. The molecule has 3 heterocycles. The molecule has 8 heteroatoms. The minimum Gasteiger partial charge on any atom is -0.489 e. The molecule has 0 saturated heterocycles. The molecule has 2 aliphatic rings. The van der Waals surface area contributed by atoms with Gasteiger partial charge in [0.2, 0.25) is 0 Å². The second-order valence-corrected chi connectivity index (χ2v) is 12.1. The van der Waals surface area contributed by atoms with E-state index in [4.69, 9.17) is 9.47 Å². The third kappa shape index (κ3) is 4.68. The van der Waals surface area contributed by atoms with Gasteiger partial charge in [0, 0.05) is 50.1 Å². The van der Waals surface area contributed by atoms with Gasteiger partial charge in [0.25, 0.3) is 0 Å². The number of ether oxygens (including phenoxy) is 2. The average molecular weight is 554 g/mol. The van der Waals surface area contributed by atoms with E-state index in [1.807, 2.05) is 39.4 Å². The quantitative estimate of drug-likeness (QED) is 0.285. The van der Waals surface area contributed by atoms with E-state index in [-0.39, 0.29) is 24.0 Å². The van der Waals surface area contributed by atoms with Crippen LogP contribution in [0, 0.1) is 12.3 Å². The number of hydrogen-bond donors (Lipinski definition) is 0. The van der Waals surface area contributed by atoms with E-state index in [1.165, 1.54) is 18.2 Å². The first-order chi connectivity index (χ1) is 19.7. The number of esters is 1. The van der Waals surface area contributed by atoms with Crippen molar-refractivity contribution in [1.82, 2.24) is 24.9 Å². The Bertz CT molecular complexity index is 1610. The molecule has 3 atom stereocenters. The number of rotatable bonds is 6. The fraction of sp³-hybridized carbons (Fsp3) is 0.455. The van der Waals surface area contributed by atoms with Crippen LogP contribution in [0.4, 0.5) is 0 Å². The van der Waals surface area contributed by atoms with Crippen LogP contribution in [0.2, 0.25) is 0 Å². The Morgan fingerprint density at radius 2 is 2.02 bits per heavy atom. The summed E-state index contributed by atoms with van der Waals surface area (Å²) < 4.78 is 13.5. The predicted octanol–water partition coefficient (Wildman–Crippen LogP) is 5.66. The predicted molar refractivity (Wildman–Crippen MR) is 158 cm³/mol. The zero-order valence-electron chi connectivity index (χ0n) is 24.8. The van der Waals surface area contributed by atoms with E-state index < -0.39 is 5.41 Å². The second-order valence-electron chi connectivity index (χ2n) is 12.1. The summed E-state index contributed by atoms with van der Waals surface area (Å²) in [7, 11) is 3.37. The van der Waals surface area contributed by atoms with E-state index in [1.54, 1.807) is 4.68 Å². The van der Waals surface area contributed by atoms with Crippen molar-refractivity contribution in [3.63, 3.8) is 0 Å². The molecule has 0 spiro atoms. The van der Waals surface area contributed by atoms with Gasteiger partial charge in [-0.1, -0.05) is 36.4 Å². The summed E-state index contributed by atoms with van der Waals surface area (Å²) in [5, 5.41) is 8.69. The maximum absolute atomic E-state index is 13.3. The number of carbonyl (C=O) groups excluding carboxylic acids is 1. The topological polar surface area (TPSA) is 82.4 Å².